The Morgan fingerprint density at radius 2 is 1.68 bits per heavy atom. The molecule has 4 heteroatoms. The highest BCUT2D eigenvalue weighted by molar-refractivity contribution is 7.99. The quantitative estimate of drug-likeness (QED) is 0.868. The van der Waals surface area contributed by atoms with Crippen LogP contribution in [-0.4, -0.2) is 14.1 Å². The Balaban J connectivity index is 2.19. The van der Waals surface area contributed by atoms with Crippen molar-refractivity contribution in [2.24, 2.45) is 0 Å². The summed E-state index contributed by atoms with van der Waals surface area (Å²) in [5, 5.41) is 8.96. The van der Waals surface area contributed by atoms with E-state index in [-0.39, 0.29) is 0 Å². The van der Waals surface area contributed by atoms with Crippen LogP contribution in [0, 0.1) is 11.3 Å². The van der Waals surface area contributed by atoms with E-state index in [0.717, 1.165) is 9.79 Å². The van der Waals surface area contributed by atoms with Crippen LogP contribution < -0.4 is 10.6 Å². The summed E-state index contributed by atoms with van der Waals surface area (Å²) < 4.78 is 0. The van der Waals surface area contributed by atoms with Gasteiger partial charge in [0.15, 0.2) is 0 Å². The van der Waals surface area contributed by atoms with Gasteiger partial charge in [0.2, 0.25) is 0 Å². The highest BCUT2D eigenvalue weighted by Gasteiger charge is 2.03. The number of nitrogens with zero attached hydrogens (tertiary/aromatic N) is 2. The molecule has 0 heterocycles. The van der Waals surface area contributed by atoms with Gasteiger partial charge in [-0.2, -0.15) is 5.26 Å². The molecular weight excluding hydrogens is 254 g/mol. The standard InChI is InChI=1S/C15H15N3S/c1-18(2)12-3-5-13(6-4-12)19-14-7-8-15(17)11(9-14)10-16/h3-9H,17H2,1-2H3. The van der Waals surface area contributed by atoms with E-state index in [0.29, 0.717) is 11.3 Å². The Hall–Kier alpha value is -2.12. The van der Waals surface area contributed by atoms with Gasteiger partial charge in [-0.15, -0.1) is 0 Å². The Bertz CT molecular complexity index is 612. The van der Waals surface area contributed by atoms with Gasteiger partial charge in [-0.3, -0.25) is 0 Å². The third kappa shape index (κ3) is 3.21. The third-order valence-electron chi connectivity index (χ3n) is 2.73. The number of rotatable bonds is 3. The molecule has 0 aliphatic rings. The molecule has 96 valence electrons. The van der Waals surface area contributed by atoms with Crippen LogP contribution in [0.1, 0.15) is 5.56 Å². The third-order valence-corrected chi connectivity index (χ3v) is 3.73. The average molecular weight is 269 g/mol. The molecule has 2 aromatic rings. The normalized spacial score (nSPS) is 9.95. The minimum Gasteiger partial charge on any atom is -0.398 e. The first-order valence-electron chi connectivity index (χ1n) is 5.85. The Morgan fingerprint density at radius 1 is 1.05 bits per heavy atom. The predicted molar refractivity (Wildman–Crippen MR) is 80.5 cm³/mol. The van der Waals surface area contributed by atoms with Crippen molar-refractivity contribution in [3.8, 4) is 6.07 Å². The molecule has 0 amide bonds. The summed E-state index contributed by atoms with van der Waals surface area (Å²) in [5.74, 6) is 0. The van der Waals surface area contributed by atoms with E-state index >= 15 is 0 Å². The number of nitrogen functional groups attached to an aromatic ring is 1. The first kappa shape index (κ1) is 13.3. The second-order valence-electron chi connectivity index (χ2n) is 4.35. The SMILES string of the molecule is CN(C)c1ccc(Sc2ccc(N)c(C#N)c2)cc1. The largest absolute Gasteiger partial charge is 0.398 e. The van der Waals surface area contributed by atoms with E-state index in [1.54, 1.807) is 17.8 Å². The Morgan fingerprint density at radius 3 is 2.26 bits per heavy atom. The van der Waals surface area contributed by atoms with Gasteiger partial charge >= 0.3 is 0 Å². The lowest BCUT2D eigenvalue weighted by molar-refractivity contribution is 1.13. The summed E-state index contributed by atoms with van der Waals surface area (Å²) in [7, 11) is 4.03. The van der Waals surface area contributed by atoms with E-state index in [1.165, 1.54) is 5.69 Å². The van der Waals surface area contributed by atoms with Crippen LogP contribution in [0.25, 0.3) is 0 Å². The molecule has 0 aliphatic heterocycles. The van der Waals surface area contributed by atoms with Crippen LogP contribution in [0.15, 0.2) is 52.3 Å². The number of benzene rings is 2. The van der Waals surface area contributed by atoms with Crippen LogP contribution in [0.2, 0.25) is 0 Å². The lowest BCUT2D eigenvalue weighted by atomic mass is 10.2. The summed E-state index contributed by atoms with van der Waals surface area (Å²) in [6, 6.07) is 15.9. The molecule has 0 spiro atoms. The average Bonchev–Trinajstić information content (AvgIpc) is 2.41. The van der Waals surface area contributed by atoms with Crippen molar-refractivity contribution in [1.29, 1.82) is 5.26 Å². The number of anilines is 2. The van der Waals surface area contributed by atoms with Crippen LogP contribution in [-0.2, 0) is 0 Å². The lowest BCUT2D eigenvalue weighted by Crippen LogP contribution is -2.07. The molecule has 0 atom stereocenters. The van der Waals surface area contributed by atoms with Crippen LogP contribution in [0.3, 0.4) is 0 Å². The molecule has 0 radical (unpaired) electrons. The lowest BCUT2D eigenvalue weighted by Gasteiger charge is -2.12. The fourth-order valence-electron chi connectivity index (χ4n) is 1.64. The maximum Gasteiger partial charge on any atom is 0.101 e. The van der Waals surface area contributed by atoms with Gasteiger partial charge in [-0.1, -0.05) is 11.8 Å². The van der Waals surface area contributed by atoms with Gasteiger partial charge in [-0.05, 0) is 42.5 Å². The topological polar surface area (TPSA) is 53.0 Å². The zero-order valence-corrected chi connectivity index (χ0v) is 11.7. The van der Waals surface area contributed by atoms with Crippen molar-refractivity contribution in [1.82, 2.24) is 0 Å². The number of nitriles is 1. The van der Waals surface area contributed by atoms with Gasteiger partial charge in [0.1, 0.15) is 6.07 Å². The first-order valence-corrected chi connectivity index (χ1v) is 6.66. The summed E-state index contributed by atoms with van der Waals surface area (Å²) in [5.41, 5.74) is 7.92. The van der Waals surface area contributed by atoms with E-state index in [1.807, 2.05) is 26.2 Å². The number of hydrogen-bond acceptors (Lipinski definition) is 4. The molecule has 0 fully saturated rings. The zero-order valence-electron chi connectivity index (χ0n) is 10.9. The molecule has 0 aliphatic carbocycles. The molecule has 0 saturated carbocycles. The number of nitrogens with two attached hydrogens (primary N) is 1. The van der Waals surface area contributed by atoms with E-state index in [4.69, 9.17) is 11.0 Å². The van der Waals surface area contributed by atoms with Gasteiger partial charge in [0.05, 0.1) is 5.56 Å². The molecule has 0 bridgehead atoms. The molecule has 2 rings (SSSR count). The second kappa shape index (κ2) is 5.68. The van der Waals surface area contributed by atoms with Crippen molar-refractivity contribution in [3.05, 3.63) is 48.0 Å². The molecule has 19 heavy (non-hydrogen) atoms. The van der Waals surface area contributed by atoms with Crippen LogP contribution in [0.5, 0.6) is 0 Å². The maximum atomic E-state index is 8.96. The summed E-state index contributed by atoms with van der Waals surface area (Å²) in [6.45, 7) is 0. The minimum absolute atomic E-state index is 0.523. The summed E-state index contributed by atoms with van der Waals surface area (Å²) in [6.07, 6.45) is 0. The van der Waals surface area contributed by atoms with Crippen molar-refractivity contribution < 1.29 is 0 Å². The molecule has 2 N–H and O–H groups in total. The number of hydrogen-bond donors (Lipinski definition) is 1. The molecule has 3 nitrogen and oxygen atoms in total. The fourth-order valence-corrected chi connectivity index (χ4v) is 2.50. The second-order valence-corrected chi connectivity index (χ2v) is 5.50. The van der Waals surface area contributed by atoms with Crippen LogP contribution >= 0.6 is 11.8 Å². The summed E-state index contributed by atoms with van der Waals surface area (Å²) >= 11 is 1.62. The molecular formula is C15H15N3S. The van der Waals surface area contributed by atoms with Crippen molar-refractivity contribution >= 4 is 23.1 Å². The Labute approximate surface area is 117 Å². The van der Waals surface area contributed by atoms with Crippen LogP contribution in [0.4, 0.5) is 11.4 Å². The fraction of sp³-hybridized carbons (Fsp3) is 0.133. The maximum absolute atomic E-state index is 8.96. The summed E-state index contributed by atoms with van der Waals surface area (Å²) in [4.78, 5) is 4.22. The van der Waals surface area contributed by atoms with Gasteiger partial charge in [-0.25, -0.2) is 0 Å². The van der Waals surface area contributed by atoms with Crippen molar-refractivity contribution in [3.63, 3.8) is 0 Å². The highest BCUT2D eigenvalue weighted by Crippen LogP contribution is 2.30. The van der Waals surface area contributed by atoms with E-state index < -0.39 is 0 Å². The molecule has 2 aromatic carbocycles. The van der Waals surface area contributed by atoms with E-state index in [2.05, 4.69) is 35.2 Å². The molecule has 0 saturated heterocycles. The monoisotopic (exact) mass is 269 g/mol. The van der Waals surface area contributed by atoms with Crippen molar-refractivity contribution in [2.75, 3.05) is 24.7 Å². The highest BCUT2D eigenvalue weighted by atomic mass is 32.2. The smallest absolute Gasteiger partial charge is 0.101 e. The predicted octanol–water partition coefficient (Wildman–Crippen LogP) is 3.36. The minimum atomic E-state index is 0.523. The van der Waals surface area contributed by atoms with E-state index in [9.17, 15) is 0 Å². The molecule has 0 aromatic heterocycles. The first-order chi connectivity index (χ1) is 9.10. The van der Waals surface area contributed by atoms with Gasteiger partial charge in [0.25, 0.3) is 0 Å². The Kier molecular flexibility index (Phi) is 3.98. The van der Waals surface area contributed by atoms with Crippen molar-refractivity contribution in [2.45, 2.75) is 9.79 Å². The zero-order chi connectivity index (χ0) is 13.8. The van der Waals surface area contributed by atoms with Gasteiger partial charge < -0.3 is 10.6 Å². The molecule has 0 unspecified atom stereocenters. The van der Waals surface area contributed by atoms with Gasteiger partial charge in [0, 0.05) is 35.3 Å².